The largest absolute Gasteiger partial charge is 0.335 e. The number of hydrogen-bond acceptors (Lipinski definition) is 3. The predicted molar refractivity (Wildman–Crippen MR) is 83.3 cm³/mol. The van der Waals surface area contributed by atoms with Gasteiger partial charge in [0, 0.05) is 52.0 Å². The Balaban J connectivity index is 2.13. The number of imidazole rings is 1. The zero-order chi connectivity index (χ0) is 15.5. The third-order valence-corrected chi connectivity index (χ3v) is 5.94. The van der Waals surface area contributed by atoms with Crippen LogP contribution in [0, 0.1) is 0 Å². The molecule has 2 rings (SSSR count). The summed E-state index contributed by atoms with van der Waals surface area (Å²) < 4.78 is 29.6. The van der Waals surface area contributed by atoms with Gasteiger partial charge in [-0.05, 0) is 19.3 Å². The maximum Gasteiger partial charge on any atom is 0.281 e. The molecule has 0 bridgehead atoms. The number of aromatic nitrogens is 2. The van der Waals surface area contributed by atoms with Crippen molar-refractivity contribution in [3.05, 3.63) is 18.2 Å². The number of rotatable bonds is 6. The lowest BCUT2D eigenvalue weighted by molar-refractivity contribution is 0.289. The number of unbranched alkanes of at least 4 members (excludes halogenated alkanes) is 1. The number of piperidine rings is 1. The van der Waals surface area contributed by atoms with E-state index in [-0.39, 0.29) is 5.92 Å². The second-order valence-electron chi connectivity index (χ2n) is 5.82. The van der Waals surface area contributed by atoms with Crippen molar-refractivity contribution >= 4 is 10.2 Å². The lowest BCUT2D eigenvalue weighted by Gasteiger charge is -2.33. The molecule has 21 heavy (non-hydrogen) atoms. The summed E-state index contributed by atoms with van der Waals surface area (Å²) in [6.45, 7) is 4.27. The molecule has 0 saturated carbocycles. The Hall–Kier alpha value is -0.920. The molecule has 0 amide bonds. The van der Waals surface area contributed by atoms with Gasteiger partial charge in [0.25, 0.3) is 10.2 Å². The number of hydrogen-bond donors (Lipinski definition) is 0. The molecule has 120 valence electrons. The molecule has 0 spiro atoms. The third kappa shape index (κ3) is 3.64. The normalized spacial score (nSPS) is 21.0. The van der Waals surface area contributed by atoms with Crippen molar-refractivity contribution in [3.63, 3.8) is 0 Å². The Morgan fingerprint density at radius 2 is 2.19 bits per heavy atom. The van der Waals surface area contributed by atoms with Crippen molar-refractivity contribution in [2.24, 2.45) is 0 Å². The van der Waals surface area contributed by atoms with E-state index < -0.39 is 10.2 Å². The highest BCUT2D eigenvalue weighted by Gasteiger charge is 2.32. The van der Waals surface area contributed by atoms with Crippen LogP contribution in [0.1, 0.15) is 44.3 Å². The first-order valence-electron chi connectivity index (χ1n) is 7.65. The van der Waals surface area contributed by atoms with Crippen LogP contribution in [0.2, 0.25) is 0 Å². The molecule has 1 atom stereocenters. The van der Waals surface area contributed by atoms with E-state index in [9.17, 15) is 8.42 Å². The maximum absolute atomic E-state index is 12.3. The van der Waals surface area contributed by atoms with Crippen LogP contribution in [0.25, 0.3) is 0 Å². The van der Waals surface area contributed by atoms with Crippen molar-refractivity contribution in [1.82, 2.24) is 18.2 Å². The zero-order valence-corrected chi connectivity index (χ0v) is 14.0. The summed E-state index contributed by atoms with van der Waals surface area (Å²) in [6, 6.07) is 0. The van der Waals surface area contributed by atoms with Crippen LogP contribution < -0.4 is 0 Å². The smallest absolute Gasteiger partial charge is 0.281 e. The van der Waals surface area contributed by atoms with Crippen molar-refractivity contribution in [1.29, 1.82) is 0 Å². The molecule has 0 N–H and O–H groups in total. The van der Waals surface area contributed by atoms with Crippen molar-refractivity contribution < 1.29 is 8.42 Å². The SMILES string of the molecule is CCCCn1ccnc1C1CCCN(S(=O)(=O)N(C)C)C1. The van der Waals surface area contributed by atoms with E-state index in [1.807, 2.05) is 12.4 Å². The maximum atomic E-state index is 12.3. The molecular weight excluding hydrogens is 288 g/mol. The lowest BCUT2D eigenvalue weighted by atomic mass is 9.99. The highest BCUT2D eigenvalue weighted by Crippen LogP contribution is 2.28. The van der Waals surface area contributed by atoms with Gasteiger partial charge in [-0.3, -0.25) is 0 Å². The first-order valence-corrected chi connectivity index (χ1v) is 9.05. The molecule has 1 saturated heterocycles. The molecule has 2 heterocycles. The van der Waals surface area contributed by atoms with Crippen LogP contribution in [0.5, 0.6) is 0 Å². The van der Waals surface area contributed by atoms with Gasteiger partial charge in [-0.1, -0.05) is 13.3 Å². The highest BCUT2D eigenvalue weighted by molar-refractivity contribution is 7.86. The van der Waals surface area contributed by atoms with Gasteiger partial charge in [-0.15, -0.1) is 0 Å². The van der Waals surface area contributed by atoms with E-state index in [1.165, 1.54) is 4.31 Å². The molecular formula is C14H26N4O2S. The summed E-state index contributed by atoms with van der Waals surface area (Å²) in [6.07, 6.45) is 7.98. The van der Waals surface area contributed by atoms with Gasteiger partial charge in [-0.25, -0.2) is 4.98 Å². The second kappa shape index (κ2) is 6.89. The standard InChI is InChI=1S/C14H26N4O2S/c1-4-5-9-17-11-8-15-14(17)13-7-6-10-18(12-13)21(19,20)16(2)3/h8,11,13H,4-7,9-10,12H2,1-3H3. The summed E-state index contributed by atoms with van der Waals surface area (Å²) in [7, 11) is -0.155. The average Bonchev–Trinajstić information content (AvgIpc) is 2.93. The minimum atomic E-state index is -3.32. The fraction of sp³-hybridized carbons (Fsp3) is 0.786. The number of nitrogens with zero attached hydrogens (tertiary/aromatic N) is 4. The van der Waals surface area contributed by atoms with Gasteiger partial charge in [0.2, 0.25) is 0 Å². The minimum absolute atomic E-state index is 0.195. The zero-order valence-electron chi connectivity index (χ0n) is 13.2. The van der Waals surface area contributed by atoms with Gasteiger partial charge < -0.3 is 4.57 Å². The third-order valence-electron chi connectivity index (χ3n) is 4.04. The van der Waals surface area contributed by atoms with Crippen LogP contribution in [0.15, 0.2) is 12.4 Å². The Morgan fingerprint density at radius 3 is 2.86 bits per heavy atom. The van der Waals surface area contributed by atoms with E-state index in [0.717, 1.165) is 38.1 Å². The van der Waals surface area contributed by atoms with Crippen molar-refractivity contribution in [2.45, 2.75) is 45.1 Å². The minimum Gasteiger partial charge on any atom is -0.335 e. The highest BCUT2D eigenvalue weighted by atomic mass is 32.2. The van der Waals surface area contributed by atoms with Crippen LogP contribution in [-0.2, 0) is 16.8 Å². The average molecular weight is 314 g/mol. The molecule has 1 aliphatic heterocycles. The molecule has 1 aromatic rings. The first-order chi connectivity index (χ1) is 9.96. The first kappa shape index (κ1) is 16.5. The molecule has 0 aliphatic carbocycles. The fourth-order valence-corrected chi connectivity index (χ4v) is 3.98. The van der Waals surface area contributed by atoms with Crippen LogP contribution in [0.3, 0.4) is 0 Å². The quantitative estimate of drug-likeness (QED) is 0.802. The molecule has 7 heteroatoms. The van der Waals surface area contributed by atoms with Gasteiger partial charge in [0.15, 0.2) is 0 Å². The summed E-state index contributed by atoms with van der Waals surface area (Å²) in [5.41, 5.74) is 0. The van der Waals surface area contributed by atoms with Gasteiger partial charge >= 0.3 is 0 Å². The Kier molecular flexibility index (Phi) is 5.40. The van der Waals surface area contributed by atoms with Crippen molar-refractivity contribution in [2.75, 3.05) is 27.2 Å². The Labute approximate surface area is 127 Å². The van der Waals surface area contributed by atoms with Crippen LogP contribution in [0.4, 0.5) is 0 Å². The second-order valence-corrected chi connectivity index (χ2v) is 7.96. The molecule has 6 nitrogen and oxygen atoms in total. The lowest BCUT2D eigenvalue weighted by Crippen LogP contribution is -2.45. The molecule has 1 fully saturated rings. The summed E-state index contributed by atoms with van der Waals surface area (Å²) in [5, 5.41) is 0. The number of aryl methyl sites for hydroxylation is 1. The van der Waals surface area contributed by atoms with E-state index in [0.29, 0.717) is 13.1 Å². The summed E-state index contributed by atoms with van der Waals surface area (Å²) in [4.78, 5) is 4.48. The molecule has 0 aromatic carbocycles. The van der Waals surface area contributed by atoms with Gasteiger partial charge in [0.1, 0.15) is 5.82 Å². The van der Waals surface area contributed by atoms with E-state index in [1.54, 1.807) is 18.4 Å². The molecule has 1 aliphatic rings. The topological polar surface area (TPSA) is 58.4 Å². The fourth-order valence-electron chi connectivity index (χ4n) is 2.79. The van der Waals surface area contributed by atoms with E-state index in [2.05, 4.69) is 16.5 Å². The Bertz CT molecular complexity index is 553. The van der Waals surface area contributed by atoms with Gasteiger partial charge in [0.05, 0.1) is 0 Å². The molecule has 0 radical (unpaired) electrons. The monoisotopic (exact) mass is 314 g/mol. The van der Waals surface area contributed by atoms with E-state index in [4.69, 9.17) is 0 Å². The van der Waals surface area contributed by atoms with Crippen LogP contribution in [-0.4, -0.2) is 53.8 Å². The van der Waals surface area contributed by atoms with Crippen LogP contribution >= 0.6 is 0 Å². The summed E-state index contributed by atoms with van der Waals surface area (Å²) >= 11 is 0. The predicted octanol–water partition coefficient (Wildman–Crippen LogP) is 1.67. The summed E-state index contributed by atoms with van der Waals surface area (Å²) in [5.74, 6) is 1.22. The van der Waals surface area contributed by atoms with E-state index >= 15 is 0 Å². The molecule has 1 aromatic heterocycles. The van der Waals surface area contributed by atoms with Gasteiger partial charge in [-0.2, -0.15) is 17.0 Å². The Morgan fingerprint density at radius 1 is 1.43 bits per heavy atom. The molecule has 1 unspecified atom stereocenters. The van der Waals surface area contributed by atoms with Crippen molar-refractivity contribution in [3.8, 4) is 0 Å².